The van der Waals surface area contributed by atoms with E-state index in [0.717, 1.165) is 12.0 Å². The third-order valence-electron chi connectivity index (χ3n) is 4.31. The number of ether oxygens (including phenoxy) is 1. The molecule has 2 N–H and O–H groups in total. The first-order chi connectivity index (χ1) is 14.1. The van der Waals surface area contributed by atoms with E-state index in [1.807, 2.05) is 61.5 Å². The largest absolute Gasteiger partial charge is 0.451 e. The van der Waals surface area contributed by atoms with Gasteiger partial charge in [0.1, 0.15) is 0 Å². The van der Waals surface area contributed by atoms with Crippen molar-refractivity contribution in [1.82, 2.24) is 10.3 Å². The summed E-state index contributed by atoms with van der Waals surface area (Å²) in [5.74, 6) is -0.937. The minimum absolute atomic E-state index is 0.193. The van der Waals surface area contributed by atoms with Crippen LogP contribution in [0.4, 0.5) is 5.13 Å². The van der Waals surface area contributed by atoms with E-state index < -0.39 is 5.97 Å². The fourth-order valence-corrected chi connectivity index (χ4v) is 3.38. The van der Waals surface area contributed by atoms with Crippen molar-refractivity contribution in [2.75, 3.05) is 18.5 Å². The van der Waals surface area contributed by atoms with Crippen LogP contribution in [0.2, 0.25) is 0 Å². The Balaban J connectivity index is 1.38. The van der Waals surface area contributed by atoms with Gasteiger partial charge in [-0.3, -0.25) is 4.79 Å². The highest BCUT2D eigenvalue weighted by atomic mass is 32.1. The Hall–Kier alpha value is -3.19. The summed E-state index contributed by atoms with van der Waals surface area (Å²) in [4.78, 5) is 28.2. The molecule has 1 heterocycles. The summed E-state index contributed by atoms with van der Waals surface area (Å²) in [5, 5.41) is 8.18. The zero-order valence-electron chi connectivity index (χ0n) is 16.2. The predicted molar refractivity (Wildman–Crippen MR) is 114 cm³/mol. The van der Waals surface area contributed by atoms with Crippen LogP contribution in [0.5, 0.6) is 0 Å². The van der Waals surface area contributed by atoms with Gasteiger partial charge in [0.2, 0.25) is 0 Å². The highest BCUT2D eigenvalue weighted by Gasteiger charge is 2.14. The van der Waals surface area contributed by atoms with E-state index in [-0.39, 0.29) is 18.2 Å². The van der Waals surface area contributed by atoms with Crippen molar-refractivity contribution < 1.29 is 14.3 Å². The number of hydrogen-bond acceptors (Lipinski definition) is 6. The number of benzene rings is 2. The van der Waals surface area contributed by atoms with Crippen LogP contribution >= 0.6 is 11.3 Å². The van der Waals surface area contributed by atoms with Gasteiger partial charge in [0.15, 0.2) is 17.4 Å². The standard InChI is InChI=1S/C22H23N3O3S/c1-16-7-5-6-10-18(16)11-12-23-20(26)14-28-21(27)19-15-29-22(25-19)24-13-17-8-3-2-4-9-17/h2-10,15H,11-14H2,1H3,(H,23,26)(H,24,25). The average Bonchev–Trinajstić information content (AvgIpc) is 3.22. The Labute approximate surface area is 173 Å². The van der Waals surface area contributed by atoms with Crippen molar-refractivity contribution in [3.8, 4) is 0 Å². The number of thiazole rings is 1. The van der Waals surface area contributed by atoms with E-state index in [0.29, 0.717) is 18.2 Å². The van der Waals surface area contributed by atoms with E-state index in [9.17, 15) is 9.59 Å². The molecule has 2 aromatic carbocycles. The normalized spacial score (nSPS) is 10.4. The second-order valence-electron chi connectivity index (χ2n) is 6.48. The van der Waals surface area contributed by atoms with Crippen molar-refractivity contribution in [3.63, 3.8) is 0 Å². The summed E-state index contributed by atoms with van der Waals surface area (Å²) in [6.45, 7) is 2.82. The molecule has 0 aliphatic heterocycles. The molecule has 1 amide bonds. The van der Waals surface area contributed by atoms with Gasteiger partial charge in [0, 0.05) is 18.5 Å². The summed E-state index contributed by atoms with van der Waals surface area (Å²) in [7, 11) is 0. The quantitative estimate of drug-likeness (QED) is 0.528. The highest BCUT2D eigenvalue weighted by Crippen LogP contribution is 2.17. The molecule has 0 aliphatic carbocycles. The summed E-state index contributed by atoms with van der Waals surface area (Å²) >= 11 is 1.32. The van der Waals surface area contributed by atoms with Crippen LogP contribution in [0, 0.1) is 6.92 Å². The van der Waals surface area contributed by atoms with Crippen molar-refractivity contribution >= 4 is 28.3 Å². The van der Waals surface area contributed by atoms with Crippen LogP contribution in [0.1, 0.15) is 27.2 Å². The van der Waals surface area contributed by atoms with Gasteiger partial charge in [-0.1, -0.05) is 54.6 Å². The molecule has 29 heavy (non-hydrogen) atoms. The predicted octanol–water partition coefficient (Wildman–Crippen LogP) is 3.58. The Kier molecular flexibility index (Phi) is 7.35. The third-order valence-corrected chi connectivity index (χ3v) is 5.11. The van der Waals surface area contributed by atoms with Crippen LogP contribution in [-0.4, -0.2) is 30.0 Å². The molecule has 0 aliphatic rings. The van der Waals surface area contributed by atoms with Crippen molar-refractivity contribution in [3.05, 3.63) is 82.4 Å². The first kappa shape index (κ1) is 20.5. The van der Waals surface area contributed by atoms with Crippen LogP contribution in [0.25, 0.3) is 0 Å². The fourth-order valence-electron chi connectivity index (χ4n) is 2.71. The SMILES string of the molecule is Cc1ccccc1CCNC(=O)COC(=O)c1csc(NCc2ccccc2)n1. The summed E-state index contributed by atoms with van der Waals surface area (Å²) in [5.41, 5.74) is 3.68. The lowest BCUT2D eigenvalue weighted by Gasteiger charge is -2.07. The fraction of sp³-hybridized carbons (Fsp3) is 0.227. The maximum absolute atomic E-state index is 12.1. The molecule has 6 nitrogen and oxygen atoms in total. The average molecular weight is 410 g/mol. The van der Waals surface area contributed by atoms with Crippen molar-refractivity contribution in [2.45, 2.75) is 19.9 Å². The number of carbonyl (C=O) groups is 2. The first-order valence-corrected chi connectivity index (χ1v) is 10.2. The lowest BCUT2D eigenvalue weighted by molar-refractivity contribution is -0.124. The molecule has 3 rings (SSSR count). The summed E-state index contributed by atoms with van der Waals surface area (Å²) in [6.07, 6.45) is 0.731. The van der Waals surface area contributed by atoms with Crippen LogP contribution < -0.4 is 10.6 Å². The van der Waals surface area contributed by atoms with Gasteiger partial charge in [-0.2, -0.15) is 0 Å². The maximum atomic E-state index is 12.1. The number of aromatic nitrogens is 1. The Morgan fingerprint density at radius 1 is 1.07 bits per heavy atom. The highest BCUT2D eigenvalue weighted by molar-refractivity contribution is 7.13. The zero-order valence-corrected chi connectivity index (χ0v) is 17.0. The van der Waals surface area contributed by atoms with Crippen LogP contribution in [0.3, 0.4) is 0 Å². The van der Waals surface area contributed by atoms with Gasteiger partial charge in [-0.15, -0.1) is 11.3 Å². The molecule has 0 fully saturated rings. The van der Waals surface area contributed by atoms with E-state index in [1.54, 1.807) is 5.38 Å². The van der Waals surface area contributed by atoms with Crippen LogP contribution in [-0.2, 0) is 22.5 Å². The molecular formula is C22H23N3O3S. The number of anilines is 1. The molecule has 0 radical (unpaired) electrons. The molecule has 3 aromatic rings. The number of esters is 1. The molecule has 0 bridgehead atoms. The minimum atomic E-state index is -0.608. The van der Waals surface area contributed by atoms with Gasteiger partial charge >= 0.3 is 5.97 Å². The van der Waals surface area contributed by atoms with Gasteiger partial charge < -0.3 is 15.4 Å². The number of aryl methyl sites for hydroxylation is 1. The number of nitrogens with zero attached hydrogens (tertiary/aromatic N) is 1. The van der Waals surface area contributed by atoms with E-state index in [1.165, 1.54) is 22.5 Å². The lowest BCUT2D eigenvalue weighted by Crippen LogP contribution is -2.30. The molecule has 7 heteroatoms. The van der Waals surface area contributed by atoms with Gasteiger partial charge in [-0.05, 0) is 30.0 Å². The van der Waals surface area contributed by atoms with Crippen molar-refractivity contribution in [1.29, 1.82) is 0 Å². The molecule has 0 atom stereocenters. The van der Waals surface area contributed by atoms with Gasteiger partial charge in [0.25, 0.3) is 5.91 Å². The summed E-state index contributed by atoms with van der Waals surface area (Å²) in [6, 6.07) is 17.9. The number of rotatable bonds is 9. The summed E-state index contributed by atoms with van der Waals surface area (Å²) < 4.78 is 5.06. The van der Waals surface area contributed by atoms with Crippen molar-refractivity contribution in [2.24, 2.45) is 0 Å². The van der Waals surface area contributed by atoms with Gasteiger partial charge in [0.05, 0.1) is 0 Å². The first-order valence-electron chi connectivity index (χ1n) is 9.33. The molecule has 1 aromatic heterocycles. The Morgan fingerprint density at radius 3 is 2.62 bits per heavy atom. The monoisotopic (exact) mass is 409 g/mol. The number of nitrogens with one attached hydrogen (secondary N) is 2. The van der Waals surface area contributed by atoms with Gasteiger partial charge in [-0.25, -0.2) is 9.78 Å². The lowest BCUT2D eigenvalue weighted by atomic mass is 10.1. The zero-order chi connectivity index (χ0) is 20.5. The topological polar surface area (TPSA) is 80.3 Å². The maximum Gasteiger partial charge on any atom is 0.358 e. The second-order valence-corrected chi connectivity index (χ2v) is 7.34. The molecular weight excluding hydrogens is 386 g/mol. The second kappa shape index (κ2) is 10.4. The minimum Gasteiger partial charge on any atom is -0.451 e. The Morgan fingerprint density at radius 2 is 1.83 bits per heavy atom. The molecule has 0 saturated heterocycles. The molecule has 0 unspecified atom stereocenters. The third kappa shape index (κ3) is 6.43. The molecule has 0 saturated carbocycles. The Bertz CT molecular complexity index is 957. The number of carbonyl (C=O) groups excluding carboxylic acids is 2. The van der Waals surface area contributed by atoms with E-state index >= 15 is 0 Å². The van der Waals surface area contributed by atoms with E-state index in [2.05, 4.69) is 15.6 Å². The molecule has 0 spiro atoms. The molecule has 150 valence electrons. The number of amides is 1. The van der Waals surface area contributed by atoms with E-state index in [4.69, 9.17) is 4.74 Å². The van der Waals surface area contributed by atoms with Crippen LogP contribution in [0.15, 0.2) is 60.0 Å². The smallest absolute Gasteiger partial charge is 0.358 e. The number of hydrogen-bond donors (Lipinski definition) is 2.